The van der Waals surface area contributed by atoms with Crippen LogP contribution in [0.25, 0.3) is 0 Å². The van der Waals surface area contributed by atoms with E-state index in [1.165, 1.54) is 25.7 Å². The molecule has 0 rings (SSSR count). The zero-order valence-corrected chi connectivity index (χ0v) is 10.9. The minimum Gasteiger partial charge on any atom is -0.381 e. The van der Waals surface area contributed by atoms with Gasteiger partial charge in [0, 0.05) is 0 Å². The Morgan fingerprint density at radius 1 is 0.824 bits per heavy atom. The Balaban J connectivity index is 3.46. The molecule has 0 saturated carbocycles. The lowest BCUT2D eigenvalue weighted by Gasteiger charge is -2.26. The lowest BCUT2D eigenvalue weighted by molar-refractivity contribution is -0.255. The number of rotatable bonds is 9. The molecule has 1 nitrogen and oxygen atoms in total. The van der Waals surface area contributed by atoms with Gasteiger partial charge in [-0.25, -0.2) is 0 Å². The molecule has 0 radical (unpaired) electrons. The van der Waals surface area contributed by atoms with Crippen molar-refractivity contribution in [3.8, 4) is 0 Å². The molecule has 0 aromatic carbocycles. The Morgan fingerprint density at radius 3 is 1.65 bits per heavy atom. The molecular weight excluding hydrogens is 229 g/mol. The summed E-state index contributed by atoms with van der Waals surface area (Å²) in [7, 11) is 0. The molecule has 104 valence electrons. The monoisotopic (exact) mass is 254 g/mol. The van der Waals surface area contributed by atoms with E-state index in [1.54, 1.807) is 0 Å². The van der Waals surface area contributed by atoms with E-state index in [-0.39, 0.29) is 6.42 Å². The van der Waals surface area contributed by atoms with Crippen molar-refractivity contribution >= 4 is 0 Å². The van der Waals surface area contributed by atoms with Crippen LogP contribution in [0.15, 0.2) is 0 Å². The molecule has 0 bridgehead atoms. The van der Waals surface area contributed by atoms with Crippen LogP contribution in [-0.2, 0) is 0 Å². The number of hydrogen-bond acceptors (Lipinski definition) is 1. The third kappa shape index (κ3) is 7.63. The van der Waals surface area contributed by atoms with Gasteiger partial charge in [0.2, 0.25) is 0 Å². The van der Waals surface area contributed by atoms with Gasteiger partial charge in [-0.15, -0.1) is 0 Å². The fourth-order valence-corrected chi connectivity index (χ4v) is 1.74. The summed E-state index contributed by atoms with van der Waals surface area (Å²) in [6, 6.07) is 0. The van der Waals surface area contributed by atoms with Crippen LogP contribution in [0.3, 0.4) is 0 Å². The molecule has 17 heavy (non-hydrogen) atoms. The Kier molecular flexibility index (Phi) is 7.84. The first-order chi connectivity index (χ1) is 7.81. The van der Waals surface area contributed by atoms with E-state index in [2.05, 4.69) is 6.92 Å². The number of aliphatic hydroxyl groups is 1. The summed E-state index contributed by atoms with van der Waals surface area (Å²) < 4.78 is 36.9. The van der Waals surface area contributed by atoms with Gasteiger partial charge in [-0.2, -0.15) is 13.2 Å². The van der Waals surface area contributed by atoms with Crippen molar-refractivity contribution in [2.75, 3.05) is 0 Å². The molecule has 0 spiro atoms. The zero-order valence-electron chi connectivity index (χ0n) is 10.9. The molecule has 4 heteroatoms. The van der Waals surface area contributed by atoms with E-state index >= 15 is 0 Å². The predicted molar refractivity (Wildman–Crippen MR) is 63.9 cm³/mol. The fourth-order valence-electron chi connectivity index (χ4n) is 1.74. The quantitative estimate of drug-likeness (QED) is 0.584. The summed E-state index contributed by atoms with van der Waals surface area (Å²) in [5.41, 5.74) is -2.52. The molecule has 0 saturated heterocycles. The Labute approximate surface area is 102 Å². The summed E-state index contributed by atoms with van der Waals surface area (Å²) in [4.78, 5) is 0. The van der Waals surface area contributed by atoms with E-state index in [9.17, 15) is 18.3 Å². The van der Waals surface area contributed by atoms with Gasteiger partial charge in [0.1, 0.15) is 0 Å². The van der Waals surface area contributed by atoms with Crippen LogP contribution in [0, 0.1) is 0 Å². The minimum absolute atomic E-state index is 0.189. The predicted octanol–water partition coefficient (Wildman–Crippen LogP) is 4.83. The average molecular weight is 254 g/mol. The Hall–Kier alpha value is -0.250. The van der Waals surface area contributed by atoms with E-state index < -0.39 is 11.8 Å². The van der Waals surface area contributed by atoms with Crippen molar-refractivity contribution in [1.29, 1.82) is 0 Å². The van der Waals surface area contributed by atoms with Gasteiger partial charge in [-0.1, -0.05) is 58.3 Å². The largest absolute Gasteiger partial charge is 0.416 e. The number of halogens is 3. The Morgan fingerprint density at radius 2 is 1.24 bits per heavy atom. The van der Waals surface area contributed by atoms with Crippen LogP contribution in [0.1, 0.15) is 71.6 Å². The van der Waals surface area contributed by atoms with Crippen molar-refractivity contribution in [3.63, 3.8) is 0 Å². The van der Waals surface area contributed by atoms with Crippen molar-refractivity contribution in [1.82, 2.24) is 0 Å². The maximum Gasteiger partial charge on any atom is 0.416 e. The van der Waals surface area contributed by atoms with E-state index in [4.69, 9.17) is 0 Å². The van der Waals surface area contributed by atoms with Gasteiger partial charge in [0.25, 0.3) is 0 Å². The van der Waals surface area contributed by atoms with Gasteiger partial charge < -0.3 is 5.11 Å². The smallest absolute Gasteiger partial charge is 0.381 e. The molecule has 0 fully saturated rings. The third-order valence-electron chi connectivity index (χ3n) is 3.13. The van der Waals surface area contributed by atoms with Gasteiger partial charge in [-0.05, 0) is 13.3 Å². The van der Waals surface area contributed by atoms with E-state index in [0.717, 1.165) is 26.2 Å². The van der Waals surface area contributed by atoms with Gasteiger partial charge in [0.05, 0.1) is 0 Å². The van der Waals surface area contributed by atoms with Crippen LogP contribution in [0.4, 0.5) is 13.2 Å². The third-order valence-corrected chi connectivity index (χ3v) is 3.13. The molecule has 0 aromatic rings. The fraction of sp³-hybridized carbons (Fsp3) is 1.00. The maximum absolute atomic E-state index is 12.3. The molecule has 1 unspecified atom stereocenters. The Bertz CT molecular complexity index is 188. The summed E-state index contributed by atoms with van der Waals surface area (Å²) >= 11 is 0. The summed E-state index contributed by atoms with van der Waals surface area (Å²) in [5, 5.41) is 9.20. The van der Waals surface area contributed by atoms with Crippen LogP contribution < -0.4 is 0 Å². The maximum atomic E-state index is 12.3. The molecule has 0 aromatic heterocycles. The molecule has 0 aliphatic rings. The number of unbranched alkanes of at least 4 members (excludes halogenated alkanes) is 7. The normalized spacial score (nSPS) is 15.9. The SMILES string of the molecule is CCCCCCCCCCC(C)(O)C(F)(F)F. The zero-order chi connectivity index (χ0) is 13.4. The van der Waals surface area contributed by atoms with Crippen LogP contribution in [0.5, 0.6) is 0 Å². The first-order valence-electron chi connectivity index (χ1n) is 6.60. The highest BCUT2D eigenvalue weighted by molar-refractivity contribution is 4.80. The lowest BCUT2D eigenvalue weighted by Crippen LogP contribution is -2.41. The highest BCUT2D eigenvalue weighted by Crippen LogP contribution is 2.34. The molecule has 0 aliphatic carbocycles. The van der Waals surface area contributed by atoms with E-state index in [1.807, 2.05) is 0 Å². The lowest BCUT2D eigenvalue weighted by atomic mass is 9.97. The molecular formula is C13H25F3O. The topological polar surface area (TPSA) is 20.2 Å². The second kappa shape index (κ2) is 7.96. The summed E-state index contributed by atoms with van der Waals surface area (Å²) in [6.45, 7) is 3.01. The highest BCUT2D eigenvalue weighted by atomic mass is 19.4. The van der Waals surface area contributed by atoms with Gasteiger partial charge >= 0.3 is 6.18 Å². The van der Waals surface area contributed by atoms with Crippen molar-refractivity contribution < 1.29 is 18.3 Å². The summed E-state index contributed by atoms with van der Waals surface area (Å²) in [5.74, 6) is 0. The van der Waals surface area contributed by atoms with Crippen LogP contribution in [0.2, 0.25) is 0 Å². The first-order valence-corrected chi connectivity index (χ1v) is 6.60. The molecule has 1 N–H and O–H groups in total. The molecule has 0 heterocycles. The standard InChI is InChI=1S/C13H25F3O/c1-3-4-5-6-7-8-9-10-11-12(2,17)13(14,15)16/h17H,3-11H2,1-2H3. The summed E-state index contributed by atoms with van der Waals surface area (Å²) in [6.07, 6.45) is 3.42. The van der Waals surface area contributed by atoms with Gasteiger partial charge in [0.15, 0.2) is 5.60 Å². The second-order valence-electron chi connectivity index (χ2n) is 5.00. The van der Waals surface area contributed by atoms with Crippen molar-refractivity contribution in [2.24, 2.45) is 0 Å². The average Bonchev–Trinajstić information content (AvgIpc) is 2.20. The number of alkyl halides is 3. The first kappa shape index (κ1) is 16.8. The minimum atomic E-state index is -4.51. The van der Waals surface area contributed by atoms with Crippen LogP contribution >= 0.6 is 0 Å². The van der Waals surface area contributed by atoms with E-state index in [0.29, 0.717) is 6.42 Å². The van der Waals surface area contributed by atoms with Crippen LogP contribution in [-0.4, -0.2) is 16.9 Å². The molecule has 0 aliphatic heterocycles. The van der Waals surface area contributed by atoms with Gasteiger partial charge in [-0.3, -0.25) is 0 Å². The molecule has 1 atom stereocenters. The second-order valence-corrected chi connectivity index (χ2v) is 5.00. The number of hydrogen-bond donors (Lipinski definition) is 1. The highest BCUT2D eigenvalue weighted by Gasteiger charge is 2.48. The van der Waals surface area contributed by atoms with Crippen molar-refractivity contribution in [2.45, 2.75) is 83.4 Å². The molecule has 0 amide bonds. The van der Waals surface area contributed by atoms with Crippen molar-refractivity contribution in [3.05, 3.63) is 0 Å².